The van der Waals surface area contributed by atoms with Gasteiger partial charge in [-0.25, -0.2) is 4.79 Å². The van der Waals surface area contributed by atoms with Gasteiger partial charge in [-0.05, 0) is 48.0 Å². The number of anilines is 2. The van der Waals surface area contributed by atoms with Crippen molar-refractivity contribution in [2.45, 2.75) is 6.54 Å². The summed E-state index contributed by atoms with van der Waals surface area (Å²) in [4.78, 5) is 30.6. The number of nitrogens with one attached hydrogen (secondary N) is 2. The van der Waals surface area contributed by atoms with E-state index >= 15 is 0 Å². The summed E-state index contributed by atoms with van der Waals surface area (Å²) in [6.45, 7) is 0.236. The lowest BCUT2D eigenvalue weighted by Gasteiger charge is -2.21. The Kier molecular flexibility index (Phi) is 6.87. The largest absolute Gasteiger partial charge is 0.497 e. The highest BCUT2D eigenvalue weighted by Crippen LogP contribution is 2.27. The van der Waals surface area contributed by atoms with Crippen LogP contribution in [-0.4, -0.2) is 36.0 Å². The second-order valence-electron chi connectivity index (χ2n) is 6.46. The molecule has 0 unspecified atom stereocenters. The molecule has 0 bridgehead atoms. The number of pyridine rings is 1. The third-order valence-corrected chi connectivity index (χ3v) is 4.65. The molecule has 3 rings (SSSR count). The van der Waals surface area contributed by atoms with Gasteiger partial charge in [0.2, 0.25) is 0 Å². The molecule has 3 aromatic rings. The van der Waals surface area contributed by atoms with Crippen molar-refractivity contribution in [3.8, 4) is 5.75 Å². The van der Waals surface area contributed by atoms with Gasteiger partial charge in [0.15, 0.2) is 0 Å². The van der Waals surface area contributed by atoms with Crippen molar-refractivity contribution in [3.05, 3.63) is 83.1 Å². The lowest BCUT2D eigenvalue weighted by atomic mass is 10.1. The summed E-state index contributed by atoms with van der Waals surface area (Å²) in [6.07, 6.45) is 1.54. The van der Waals surface area contributed by atoms with Crippen molar-refractivity contribution in [2.24, 2.45) is 0 Å². The molecule has 0 spiro atoms. The number of nitrogens with zero attached hydrogens (tertiary/aromatic N) is 2. The molecule has 0 atom stereocenters. The monoisotopic (exact) mass is 424 g/mol. The van der Waals surface area contributed by atoms with Gasteiger partial charge in [-0.1, -0.05) is 29.8 Å². The maximum atomic E-state index is 12.6. The number of carbonyl (C=O) groups is 2. The van der Waals surface area contributed by atoms with Crippen LogP contribution in [0.4, 0.5) is 16.2 Å². The number of ether oxygens (including phenoxy) is 1. The number of urea groups is 1. The molecular weight excluding hydrogens is 404 g/mol. The summed E-state index contributed by atoms with van der Waals surface area (Å²) in [6, 6.07) is 17.0. The summed E-state index contributed by atoms with van der Waals surface area (Å²) < 4.78 is 5.11. The first-order chi connectivity index (χ1) is 14.5. The second kappa shape index (κ2) is 9.76. The Labute approximate surface area is 179 Å². The first-order valence-corrected chi connectivity index (χ1v) is 9.51. The van der Waals surface area contributed by atoms with Crippen LogP contribution in [0, 0.1) is 0 Å². The Morgan fingerprint density at radius 1 is 1.03 bits per heavy atom. The number of carbonyl (C=O) groups excluding carboxylic acids is 2. The molecular formula is C22H21ClN4O3. The van der Waals surface area contributed by atoms with E-state index in [0.29, 0.717) is 27.7 Å². The number of aromatic nitrogens is 1. The van der Waals surface area contributed by atoms with E-state index in [-0.39, 0.29) is 24.2 Å². The summed E-state index contributed by atoms with van der Waals surface area (Å²) in [7, 11) is 3.24. The number of halogens is 1. The normalized spacial score (nSPS) is 10.2. The minimum absolute atomic E-state index is 0.236. The van der Waals surface area contributed by atoms with E-state index in [1.54, 1.807) is 81.0 Å². The maximum absolute atomic E-state index is 12.6. The number of methoxy groups -OCH3 is 1. The van der Waals surface area contributed by atoms with Crippen molar-refractivity contribution < 1.29 is 14.3 Å². The Hall–Kier alpha value is -3.58. The van der Waals surface area contributed by atoms with E-state index in [1.807, 2.05) is 0 Å². The fourth-order valence-corrected chi connectivity index (χ4v) is 2.98. The highest BCUT2D eigenvalue weighted by atomic mass is 35.5. The van der Waals surface area contributed by atoms with Gasteiger partial charge >= 0.3 is 6.03 Å². The lowest BCUT2D eigenvalue weighted by molar-refractivity contribution is 0.102. The third kappa shape index (κ3) is 5.27. The number of amides is 3. The Balaban J connectivity index is 1.71. The molecule has 0 aliphatic rings. The fourth-order valence-electron chi connectivity index (χ4n) is 2.74. The highest BCUT2D eigenvalue weighted by Gasteiger charge is 2.16. The summed E-state index contributed by atoms with van der Waals surface area (Å²) in [5.41, 5.74) is 2.05. The number of benzene rings is 2. The van der Waals surface area contributed by atoms with Gasteiger partial charge in [0.05, 0.1) is 17.8 Å². The van der Waals surface area contributed by atoms with Crippen LogP contribution in [0.3, 0.4) is 0 Å². The van der Waals surface area contributed by atoms with Crippen molar-refractivity contribution >= 4 is 34.9 Å². The van der Waals surface area contributed by atoms with E-state index in [1.165, 1.54) is 4.90 Å². The summed E-state index contributed by atoms with van der Waals surface area (Å²) >= 11 is 6.32. The predicted octanol–water partition coefficient (Wildman–Crippen LogP) is 4.66. The third-order valence-electron chi connectivity index (χ3n) is 4.33. The molecule has 154 valence electrons. The van der Waals surface area contributed by atoms with E-state index < -0.39 is 0 Å². The molecule has 0 saturated heterocycles. The number of rotatable bonds is 6. The molecule has 2 N–H and O–H groups in total. The van der Waals surface area contributed by atoms with Gasteiger partial charge in [-0.2, -0.15) is 0 Å². The lowest BCUT2D eigenvalue weighted by Crippen LogP contribution is -2.31. The van der Waals surface area contributed by atoms with Crippen LogP contribution in [0.2, 0.25) is 5.02 Å². The molecule has 0 aliphatic heterocycles. The van der Waals surface area contributed by atoms with Crippen molar-refractivity contribution in [1.82, 2.24) is 9.88 Å². The van der Waals surface area contributed by atoms with E-state index in [9.17, 15) is 9.59 Å². The average Bonchev–Trinajstić information content (AvgIpc) is 2.77. The van der Waals surface area contributed by atoms with Crippen LogP contribution in [0.25, 0.3) is 0 Å². The minimum Gasteiger partial charge on any atom is -0.497 e. The highest BCUT2D eigenvalue weighted by molar-refractivity contribution is 6.34. The van der Waals surface area contributed by atoms with Crippen LogP contribution in [0.1, 0.15) is 16.1 Å². The van der Waals surface area contributed by atoms with Gasteiger partial charge < -0.3 is 20.3 Å². The minimum atomic E-state index is -0.379. The average molecular weight is 425 g/mol. The summed E-state index contributed by atoms with van der Waals surface area (Å²) in [5.74, 6) is 0.323. The van der Waals surface area contributed by atoms with Gasteiger partial charge in [-0.3, -0.25) is 9.78 Å². The smallest absolute Gasteiger partial charge is 0.321 e. The van der Waals surface area contributed by atoms with Crippen LogP contribution in [-0.2, 0) is 6.54 Å². The van der Waals surface area contributed by atoms with Crippen LogP contribution >= 0.6 is 11.6 Å². The van der Waals surface area contributed by atoms with Crippen LogP contribution in [0.5, 0.6) is 5.75 Å². The van der Waals surface area contributed by atoms with E-state index in [2.05, 4.69) is 15.6 Å². The van der Waals surface area contributed by atoms with Gasteiger partial charge in [0.25, 0.3) is 5.91 Å². The molecule has 1 aromatic heterocycles. The van der Waals surface area contributed by atoms with Gasteiger partial charge in [-0.15, -0.1) is 0 Å². The fraction of sp³-hybridized carbons (Fsp3) is 0.136. The van der Waals surface area contributed by atoms with Crippen molar-refractivity contribution in [3.63, 3.8) is 0 Å². The van der Waals surface area contributed by atoms with Gasteiger partial charge in [0.1, 0.15) is 11.4 Å². The van der Waals surface area contributed by atoms with Gasteiger partial charge in [0, 0.05) is 25.5 Å². The van der Waals surface area contributed by atoms with E-state index in [0.717, 1.165) is 0 Å². The Bertz CT molecular complexity index is 1030. The molecule has 0 fully saturated rings. The molecule has 0 aliphatic carbocycles. The maximum Gasteiger partial charge on any atom is 0.321 e. The standard InChI is InChI=1S/C22H21ClN4O3/c1-27(22(29)25-16-9-11-17(30-2)12-10-16)14-15-6-5-7-18(23)20(15)26-21(28)19-8-3-4-13-24-19/h3-13H,14H2,1-2H3,(H,25,29)(H,26,28). The number of hydrogen-bond donors (Lipinski definition) is 2. The zero-order chi connectivity index (χ0) is 21.5. The zero-order valence-corrected chi connectivity index (χ0v) is 17.3. The van der Waals surface area contributed by atoms with Crippen molar-refractivity contribution in [2.75, 3.05) is 24.8 Å². The Morgan fingerprint density at radius 3 is 2.47 bits per heavy atom. The SMILES string of the molecule is COc1ccc(NC(=O)N(C)Cc2cccc(Cl)c2NC(=O)c2ccccn2)cc1. The molecule has 0 saturated carbocycles. The predicted molar refractivity (Wildman–Crippen MR) is 117 cm³/mol. The second-order valence-corrected chi connectivity index (χ2v) is 6.86. The number of para-hydroxylation sites is 1. The first kappa shape index (κ1) is 21.1. The topological polar surface area (TPSA) is 83.6 Å². The van der Waals surface area contributed by atoms with E-state index in [4.69, 9.17) is 16.3 Å². The zero-order valence-electron chi connectivity index (χ0n) is 16.6. The Morgan fingerprint density at radius 2 is 1.80 bits per heavy atom. The molecule has 2 aromatic carbocycles. The molecule has 1 heterocycles. The number of hydrogen-bond acceptors (Lipinski definition) is 4. The first-order valence-electron chi connectivity index (χ1n) is 9.14. The molecule has 0 radical (unpaired) electrons. The molecule has 8 heteroatoms. The molecule has 7 nitrogen and oxygen atoms in total. The molecule has 30 heavy (non-hydrogen) atoms. The molecule has 3 amide bonds. The van der Waals surface area contributed by atoms with Crippen LogP contribution < -0.4 is 15.4 Å². The van der Waals surface area contributed by atoms with Crippen LogP contribution in [0.15, 0.2) is 66.9 Å². The van der Waals surface area contributed by atoms with Crippen molar-refractivity contribution in [1.29, 1.82) is 0 Å². The quantitative estimate of drug-likeness (QED) is 0.602. The summed E-state index contributed by atoms with van der Waals surface area (Å²) in [5, 5.41) is 5.99.